The molecule has 5 N–H and O–H groups in total. The molecule has 10 nitrogen and oxygen atoms in total. The van der Waals surface area contributed by atoms with E-state index in [2.05, 4.69) is 10.6 Å². The first-order valence-electron chi connectivity index (χ1n) is 16.7. The van der Waals surface area contributed by atoms with E-state index in [1.54, 1.807) is 47.4 Å². The van der Waals surface area contributed by atoms with Crippen molar-refractivity contribution >= 4 is 28.9 Å². The van der Waals surface area contributed by atoms with Crippen molar-refractivity contribution in [2.24, 2.45) is 0 Å². The SMILES string of the molecule is CC(=O)N(c1cccc(COCCOCCCCCCNC[C@@H](O)c2ccc(O)c(CO)c2)c1)c1cccc(NC(=O)c2ccccc2)c1. The Hall–Kier alpha value is -4.58. The van der Waals surface area contributed by atoms with Gasteiger partial charge < -0.3 is 35.4 Å². The van der Waals surface area contributed by atoms with E-state index >= 15 is 0 Å². The lowest BCUT2D eigenvalue weighted by Gasteiger charge is -2.23. The Kier molecular flexibility index (Phi) is 15.2. The molecule has 0 heterocycles. The molecule has 4 rings (SSSR count). The van der Waals surface area contributed by atoms with Gasteiger partial charge in [-0.15, -0.1) is 0 Å². The van der Waals surface area contributed by atoms with Crippen molar-refractivity contribution in [2.45, 2.75) is 51.9 Å². The molecular formula is C39H47N3O7. The number of ether oxygens (including phenoxy) is 2. The van der Waals surface area contributed by atoms with Gasteiger partial charge in [0.2, 0.25) is 5.91 Å². The molecule has 0 aromatic heterocycles. The molecule has 0 spiro atoms. The summed E-state index contributed by atoms with van der Waals surface area (Å²) in [7, 11) is 0. The Bertz CT molecular complexity index is 1620. The molecule has 0 saturated carbocycles. The van der Waals surface area contributed by atoms with Crippen molar-refractivity contribution in [3.63, 3.8) is 0 Å². The lowest BCUT2D eigenvalue weighted by molar-refractivity contribution is -0.115. The number of unbranched alkanes of at least 4 members (excludes halogenated alkanes) is 3. The molecule has 0 fully saturated rings. The second-order valence-corrected chi connectivity index (χ2v) is 11.7. The molecule has 0 aliphatic rings. The Labute approximate surface area is 288 Å². The van der Waals surface area contributed by atoms with Gasteiger partial charge in [0.25, 0.3) is 5.91 Å². The van der Waals surface area contributed by atoms with Crippen molar-refractivity contribution in [2.75, 3.05) is 43.1 Å². The molecule has 260 valence electrons. The maximum absolute atomic E-state index is 12.8. The first-order valence-corrected chi connectivity index (χ1v) is 16.7. The molecule has 0 aliphatic heterocycles. The van der Waals surface area contributed by atoms with Crippen LogP contribution in [0.4, 0.5) is 17.1 Å². The summed E-state index contributed by atoms with van der Waals surface area (Å²) in [5, 5.41) is 35.4. The van der Waals surface area contributed by atoms with Crippen LogP contribution in [0.5, 0.6) is 5.75 Å². The number of nitrogens with zero attached hydrogens (tertiary/aromatic N) is 1. The van der Waals surface area contributed by atoms with Crippen LogP contribution in [0.2, 0.25) is 0 Å². The zero-order chi connectivity index (χ0) is 34.8. The first kappa shape index (κ1) is 37.2. The van der Waals surface area contributed by atoms with E-state index in [0.717, 1.165) is 37.8 Å². The molecular weight excluding hydrogens is 622 g/mol. The van der Waals surface area contributed by atoms with E-state index in [-0.39, 0.29) is 24.2 Å². The Morgan fingerprint density at radius 1 is 0.796 bits per heavy atom. The molecule has 0 unspecified atom stereocenters. The van der Waals surface area contributed by atoms with Gasteiger partial charge in [-0.25, -0.2) is 0 Å². The predicted octanol–water partition coefficient (Wildman–Crippen LogP) is 6.24. The molecule has 0 bridgehead atoms. The minimum atomic E-state index is -0.703. The third kappa shape index (κ3) is 12.1. The number of nitrogens with one attached hydrogen (secondary N) is 2. The molecule has 1 atom stereocenters. The van der Waals surface area contributed by atoms with Crippen molar-refractivity contribution < 1.29 is 34.4 Å². The predicted molar refractivity (Wildman–Crippen MR) is 191 cm³/mol. The zero-order valence-electron chi connectivity index (χ0n) is 28.0. The lowest BCUT2D eigenvalue weighted by atomic mass is 10.1. The highest BCUT2D eigenvalue weighted by Crippen LogP contribution is 2.29. The number of phenols is 1. The van der Waals surface area contributed by atoms with Gasteiger partial charge in [-0.05, 0) is 85.1 Å². The summed E-state index contributed by atoms with van der Waals surface area (Å²) >= 11 is 0. The summed E-state index contributed by atoms with van der Waals surface area (Å²) in [5.74, 6) is -0.354. The number of aliphatic hydroxyl groups excluding tert-OH is 2. The number of hydrogen-bond donors (Lipinski definition) is 5. The Morgan fingerprint density at radius 3 is 2.31 bits per heavy atom. The topological polar surface area (TPSA) is 141 Å². The highest BCUT2D eigenvalue weighted by atomic mass is 16.5. The number of anilines is 3. The molecule has 4 aromatic carbocycles. The Morgan fingerprint density at radius 2 is 1.53 bits per heavy atom. The summed E-state index contributed by atoms with van der Waals surface area (Å²) in [6.07, 6.45) is 3.34. The maximum atomic E-state index is 12.8. The van der Waals surface area contributed by atoms with E-state index in [4.69, 9.17) is 9.47 Å². The van der Waals surface area contributed by atoms with Crippen LogP contribution in [-0.4, -0.2) is 60.0 Å². The standard InChI is InChI=1S/C39H47N3O7/c1-29(44)42(36-16-10-14-34(25-36)41-39(47)31-12-5-4-6-13-31)35-15-9-11-30(23-35)28-49-22-21-48-20-8-3-2-7-19-40-26-38(46)32-17-18-37(45)33(24-32)27-43/h4-6,9-18,23-25,38,40,43,45-46H,2-3,7-8,19-22,26-28H2,1H3,(H,41,47)/t38-/m1/s1. The fourth-order valence-corrected chi connectivity index (χ4v) is 5.33. The molecule has 4 aromatic rings. The van der Waals surface area contributed by atoms with Crippen LogP contribution in [-0.2, 0) is 27.5 Å². The number of aromatic hydroxyl groups is 1. The fourth-order valence-electron chi connectivity index (χ4n) is 5.33. The summed E-state index contributed by atoms with van der Waals surface area (Å²) in [6, 6.07) is 28.6. The largest absolute Gasteiger partial charge is 0.508 e. The average molecular weight is 670 g/mol. The third-order valence-electron chi connectivity index (χ3n) is 7.91. The number of benzene rings is 4. The number of aliphatic hydroxyl groups is 2. The van der Waals surface area contributed by atoms with E-state index in [1.165, 1.54) is 13.0 Å². The summed E-state index contributed by atoms with van der Waals surface area (Å²) < 4.78 is 11.6. The maximum Gasteiger partial charge on any atom is 0.255 e. The number of carbonyl (C=O) groups is 2. The van der Waals surface area contributed by atoms with Crippen LogP contribution in [0, 0.1) is 0 Å². The smallest absolute Gasteiger partial charge is 0.255 e. The van der Waals surface area contributed by atoms with Crippen molar-refractivity contribution in [3.05, 3.63) is 119 Å². The summed E-state index contributed by atoms with van der Waals surface area (Å²) in [6.45, 7) is 4.43. The number of carbonyl (C=O) groups excluding carboxylic acids is 2. The van der Waals surface area contributed by atoms with E-state index in [9.17, 15) is 24.9 Å². The van der Waals surface area contributed by atoms with Gasteiger partial charge in [-0.3, -0.25) is 14.5 Å². The van der Waals surface area contributed by atoms with Crippen LogP contribution in [0.3, 0.4) is 0 Å². The average Bonchev–Trinajstić information content (AvgIpc) is 3.11. The van der Waals surface area contributed by atoms with Crippen LogP contribution < -0.4 is 15.5 Å². The molecule has 0 aliphatic carbocycles. The Balaban J connectivity index is 1.10. The van der Waals surface area contributed by atoms with E-state index in [1.807, 2.05) is 48.5 Å². The quantitative estimate of drug-likeness (QED) is 0.0697. The summed E-state index contributed by atoms with van der Waals surface area (Å²) in [4.78, 5) is 27.0. The van der Waals surface area contributed by atoms with Crippen LogP contribution in [0.1, 0.15) is 65.8 Å². The van der Waals surface area contributed by atoms with Gasteiger partial charge in [0.15, 0.2) is 0 Å². The second kappa shape index (κ2) is 20.1. The second-order valence-electron chi connectivity index (χ2n) is 11.7. The monoisotopic (exact) mass is 669 g/mol. The first-order chi connectivity index (χ1) is 23.9. The minimum Gasteiger partial charge on any atom is -0.508 e. The van der Waals surface area contributed by atoms with Crippen LogP contribution in [0.25, 0.3) is 0 Å². The number of hydrogen-bond acceptors (Lipinski definition) is 8. The minimum absolute atomic E-state index is 0.0245. The van der Waals surface area contributed by atoms with Crippen molar-refractivity contribution in [1.29, 1.82) is 0 Å². The molecule has 49 heavy (non-hydrogen) atoms. The molecule has 2 amide bonds. The van der Waals surface area contributed by atoms with Gasteiger partial charge >= 0.3 is 0 Å². The normalized spacial score (nSPS) is 11.7. The van der Waals surface area contributed by atoms with Gasteiger partial charge in [0.1, 0.15) is 5.75 Å². The van der Waals surface area contributed by atoms with Crippen molar-refractivity contribution in [1.82, 2.24) is 5.32 Å². The van der Waals surface area contributed by atoms with Crippen LogP contribution in [0.15, 0.2) is 97.1 Å². The van der Waals surface area contributed by atoms with Crippen molar-refractivity contribution in [3.8, 4) is 5.75 Å². The third-order valence-corrected chi connectivity index (χ3v) is 7.91. The fraction of sp³-hybridized carbons (Fsp3) is 0.333. The molecule has 10 heteroatoms. The highest BCUT2D eigenvalue weighted by molar-refractivity contribution is 6.05. The van der Waals surface area contributed by atoms with Gasteiger partial charge in [0, 0.05) is 42.6 Å². The lowest BCUT2D eigenvalue weighted by Crippen LogP contribution is -2.23. The molecule has 0 saturated heterocycles. The van der Waals surface area contributed by atoms with Gasteiger partial charge in [-0.2, -0.15) is 0 Å². The van der Waals surface area contributed by atoms with E-state index < -0.39 is 6.10 Å². The van der Waals surface area contributed by atoms with Crippen LogP contribution >= 0.6 is 0 Å². The van der Waals surface area contributed by atoms with E-state index in [0.29, 0.717) is 66.7 Å². The number of amides is 2. The highest BCUT2D eigenvalue weighted by Gasteiger charge is 2.16. The van der Waals surface area contributed by atoms with Gasteiger partial charge in [0.05, 0.1) is 38.2 Å². The zero-order valence-corrected chi connectivity index (χ0v) is 28.0. The van der Waals surface area contributed by atoms with Gasteiger partial charge in [-0.1, -0.05) is 55.3 Å². The number of rotatable bonds is 20. The summed E-state index contributed by atoms with van der Waals surface area (Å²) in [5.41, 5.74) is 4.48. The molecule has 0 radical (unpaired) electrons.